The minimum Gasteiger partial charge on any atom is -0.481 e. The van der Waals surface area contributed by atoms with E-state index in [1.807, 2.05) is 67.3 Å². The predicted octanol–water partition coefficient (Wildman–Crippen LogP) is 5.36. The molecule has 176 valence electrons. The summed E-state index contributed by atoms with van der Waals surface area (Å²) in [6, 6.07) is 21.2. The number of hydrogen-bond donors (Lipinski definition) is 1. The van der Waals surface area contributed by atoms with Gasteiger partial charge >= 0.3 is 0 Å². The van der Waals surface area contributed by atoms with E-state index in [0.29, 0.717) is 18.0 Å². The molecule has 6 heteroatoms. The summed E-state index contributed by atoms with van der Waals surface area (Å²) in [5.74, 6) is -0.143. The Kier molecular flexibility index (Phi) is 6.96. The van der Waals surface area contributed by atoms with Gasteiger partial charge in [0.1, 0.15) is 11.6 Å². The molecule has 1 aliphatic rings. The van der Waals surface area contributed by atoms with Gasteiger partial charge in [0.05, 0.1) is 6.04 Å². The van der Waals surface area contributed by atoms with Crippen LogP contribution in [0.25, 0.3) is 0 Å². The summed E-state index contributed by atoms with van der Waals surface area (Å²) in [4.78, 5) is 27.6. The molecule has 0 aliphatic carbocycles. The van der Waals surface area contributed by atoms with Crippen molar-refractivity contribution >= 4 is 17.5 Å². The summed E-state index contributed by atoms with van der Waals surface area (Å²) in [5, 5.41) is 2.74. The van der Waals surface area contributed by atoms with Crippen LogP contribution in [0.15, 0.2) is 72.8 Å². The highest BCUT2D eigenvalue weighted by molar-refractivity contribution is 5.94. The Morgan fingerprint density at radius 3 is 2.38 bits per heavy atom. The second kappa shape index (κ2) is 10.1. The summed E-state index contributed by atoms with van der Waals surface area (Å²) in [6.07, 6.45) is -0.00635. The van der Waals surface area contributed by atoms with Crippen molar-refractivity contribution in [1.29, 1.82) is 0 Å². The average molecular weight is 461 g/mol. The van der Waals surface area contributed by atoms with Gasteiger partial charge in [-0.05, 0) is 66.4 Å². The largest absolute Gasteiger partial charge is 0.481 e. The van der Waals surface area contributed by atoms with E-state index in [1.165, 1.54) is 24.3 Å². The molecule has 3 aromatic rings. The van der Waals surface area contributed by atoms with Crippen molar-refractivity contribution in [2.75, 3.05) is 11.9 Å². The number of carbonyl (C=O) groups excluding carboxylic acids is 2. The molecule has 4 rings (SSSR count). The van der Waals surface area contributed by atoms with Crippen LogP contribution in [0, 0.1) is 11.7 Å². The zero-order valence-corrected chi connectivity index (χ0v) is 19.6. The van der Waals surface area contributed by atoms with Crippen LogP contribution < -0.4 is 10.1 Å². The van der Waals surface area contributed by atoms with E-state index >= 15 is 0 Å². The molecule has 0 spiro atoms. The fraction of sp³-hybridized carbons (Fsp3) is 0.286. The Hall–Kier alpha value is -3.67. The Bertz CT molecular complexity index is 1160. The first-order valence-electron chi connectivity index (χ1n) is 11.5. The Morgan fingerprint density at radius 1 is 1.00 bits per heavy atom. The summed E-state index contributed by atoms with van der Waals surface area (Å²) in [7, 11) is 0. The first kappa shape index (κ1) is 23.5. The molecule has 0 radical (unpaired) electrons. The number of amides is 2. The maximum absolute atomic E-state index is 13.1. The van der Waals surface area contributed by atoms with E-state index < -0.39 is 6.10 Å². The van der Waals surface area contributed by atoms with Crippen LogP contribution in [0.1, 0.15) is 43.5 Å². The fourth-order valence-corrected chi connectivity index (χ4v) is 4.27. The molecule has 5 nitrogen and oxygen atoms in total. The van der Waals surface area contributed by atoms with Crippen molar-refractivity contribution in [3.05, 3.63) is 95.3 Å². The zero-order valence-electron chi connectivity index (χ0n) is 19.6. The second-order valence-corrected chi connectivity index (χ2v) is 8.87. The lowest BCUT2D eigenvalue weighted by Gasteiger charge is -2.39. The molecule has 2 atom stereocenters. The van der Waals surface area contributed by atoms with Crippen LogP contribution in [-0.4, -0.2) is 29.4 Å². The Labute approximate surface area is 199 Å². The van der Waals surface area contributed by atoms with E-state index in [9.17, 15) is 14.0 Å². The first-order valence-corrected chi connectivity index (χ1v) is 11.5. The van der Waals surface area contributed by atoms with Crippen LogP contribution in [0.4, 0.5) is 10.1 Å². The normalized spacial score (nSPS) is 16.0. The van der Waals surface area contributed by atoms with Crippen molar-refractivity contribution in [3.63, 3.8) is 0 Å². The molecule has 1 aliphatic heterocycles. The topological polar surface area (TPSA) is 58.6 Å². The van der Waals surface area contributed by atoms with Crippen molar-refractivity contribution in [1.82, 2.24) is 4.90 Å². The maximum Gasteiger partial charge on any atom is 0.265 e. The third-order valence-corrected chi connectivity index (χ3v) is 6.03. The van der Waals surface area contributed by atoms with Crippen molar-refractivity contribution in [3.8, 4) is 5.75 Å². The third kappa shape index (κ3) is 5.11. The summed E-state index contributed by atoms with van der Waals surface area (Å²) in [6.45, 7) is 6.16. The van der Waals surface area contributed by atoms with E-state index in [-0.39, 0.29) is 29.6 Å². The molecule has 0 saturated carbocycles. The van der Waals surface area contributed by atoms with Gasteiger partial charge < -0.3 is 15.0 Å². The first-order chi connectivity index (χ1) is 16.3. The number of nitrogens with one attached hydrogen (secondary N) is 1. The quantitative estimate of drug-likeness (QED) is 0.539. The van der Waals surface area contributed by atoms with E-state index in [2.05, 4.69) is 5.32 Å². The van der Waals surface area contributed by atoms with Gasteiger partial charge in [0.2, 0.25) is 5.91 Å². The molecular formula is C28H29FN2O3. The number of hydrogen-bond acceptors (Lipinski definition) is 3. The lowest BCUT2D eigenvalue weighted by atomic mass is 9.87. The monoisotopic (exact) mass is 460 g/mol. The summed E-state index contributed by atoms with van der Waals surface area (Å²) in [5.41, 5.74) is 3.71. The van der Waals surface area contributed by atoms with Gasteiger partial charge in [0.25, 0.3) is 5.91 Å². The molecule has 3 aromatic carbocycles. The average Bonchev–Trinajstić information content (AvgIpc) is 2.84. The Morgan fingerprint density at radius 2 is 1.71 bits per heavy atom. The minimum atomic E-state index is -0.768. The van der Waals surface area contributed by atoms with Gasteiger partial charge in [-0.2, -0.15) is 0 Å². The van der Waals surface area contributed by atoms with Crippen LogP contribution in [0.5, 0.6) is 5.75 Å². The van der Waals surface area contributed by atoms with Gasteiger partial charge in [0, 0.05) is 18.2 Å². The standard InChI is InChI=1S/C28H29FN2O3/c1-18(2)28(33)31-16-15-20-9-14-24(17-25(20)26(31)21-7-5-4-6-8-21)34-19(3)27(32)30-23-12-10-22(29)11-13-23/h4-14,17-19,26H,15-16H2,1-3H3,(H,30,32)/t19-,26-/m0/s1. The van der Waals surface area contributed by atoms with Crippen molar-refractivity contribution < 1.29 is 18.7 Å². The van der Waals surface area contributed by atoms with Gasteiger partial charge in [-0.15, -0.1) is 0 Å². The van der Waals surface area contributed by atoms with Gasteiger partial charge in [-0.25, -0.2) is 4.39 Å². The molecule has 1 heterocycles. The molecule has 0 aromatic heterocycles. The molecular weight excluding hydrogens is 431 g/mol. The second-order valence-electron chi connectivity index (χ2n) is 8.87. The maximum atomic E-state index is 13.1. The minimum absolute atomic E-state index is 0.109. The van der Waals surface area contributed by atoms with E-state index in [1.54, 1.807) is 6.92 Å². The molecule has 0 unspecified atom stereocenters. The molecule has 34 heavy (non-hydrogen) atoms. The number of ether oxygens (including phenoxy) is 1. The lowest BCUT2D eigenvalue weighted by molar-refractivity contribution is -0.136. The molecule has 0 fully saturated rings. The highest BCUT2D eigenvalue weighted by Crippen LogP contribution is 2.38. The number of nitrogens with zero attached hydrogens (tertiary/aromatic N) is 1. The molecule has 0 bridgehead atoms. The van der Waals surface area contributed by atoms with Crippen LogP contribution in [0.3, 0.4) is 0 Å². The zero-order chi connectivity index (χ0) is 24.2. The highest BCUT2D eigenvalue weighted by Gasteiger charge is 2.33. The number of halogens is 1. The predicted molar refractivity (Wildman–Crippen MR) is 130 cm³/mol. The van der Waals surface area contributed by atoms with E-state index in [0.717, 1.165) is 23.1 Å². The molecule has 0 saturated heterocycles. The highest BCUT2D eigenvalue weighted by atomic mass is 19.1. The van der Waals surface area contributed by atoms with Crippen LogP contribution in [-0.2, 0) is 16.0 Å². The molecule has 1 N–H and O–H groups in total. The summed E-state index contributed by atoms with van der Waals surface area (Å²) < 4.78 is 19.1. The van der Waals surface area contributed by atoms with Crippen molar-refractivity contribution in [2.45, 2.75) is 39.3 Å². The summed E-state index contributed by atoms with van der Waals surface area (Å²) >= 11 is 0. The van der Waals surface area contributed by atoms with Crippen molar-refractivity contribution in [2.24, 2.45) is 5.92 Å². The Balaban J connectivity index is 1.59. The lowest BCUT2D eigenvalue weighted by Crippen LogP contribution is -2.42. The number of rotatable bonds is 6. The number of fused-ring (bicyclic) bond motifs is 1. The number of anilines is 1. The third-order valence-electron chi connectivity index (χ3n) is 6.03. The van der Waals surface area contributed by atoms with Crippen LogP contribution in [0.2, 0.25) is 0 Å². The van der Waals surface area contributed by atoms with Gasteiger partial charge in [-0.3, -0.25) is 9.59 Å². The smallest absolute Gasteiger partial charge is 0.265 e. The van der Waals surface area contributed by atoms with E-state index in [4.69, 9.17) is 4.74 Å². The van der Waals surface area contributed by atoms with Crippen LogP contribution >= 0.6 is 0 Å². The number of carbonyl (C=O) groups is 2. The molecule has 2 amide bonds. The SMILES string of the molecule is CC(C)C(=O)N1CCc2ccc(O[C@@H](C)C(=O)Nc3ccc(F)cc3)cc2[C@@H]1c1ccccc1. The number of benzene rings is 3. The van der Waals surface area contributed by atoms with Gasteiger partial charge in [0.15, 0.2) is 6.10 Å². The fourth-order valence-electron chi connectivity index (χ4n) is 4.27. The van der Waals surface area contributed by atoms with Gasteiger partial charge in [-0.1, -0.05) is 50.2 Å².